The molecule has 0 atom stereocenters. The van der Waals surface area contributed by atoms with Crippen molar-refractivity contribution in [2.24, 2.45) is 5.92 Å². The number of fused-ring (bicyclic) bond motifs is 1. The van der Waals surface area contributed by atoms with Crippen molar-refractivity contribution < 1.29 is 14.7 Å². The molecular formula is C19H19ClN2O3. The van der Waals surface area contributed by atoms with Gasteiger partial charge in [0.25, 0.3) is 0 Å². The first-order valence-electron chi connectivity index (χ1n) is 8.13. The summed E-state index contributed by atoms with van der Waals surface area (Å²) in [5, 5.41) is 14.5. The average molecular weight is 359 g/mol. The van der Waals surface area contributed by atoms with Gasteiger partial charge in [-0.25, -0.2) is 0 Å². The summed E-state index contributed by atoms with van der Waals surface area (Å²) in [7, 11) is 0. The predicted molar refractivity (Wildman–Crippen MR) is 98.8 cm³/mol. The number of rotatable bonds is 3. The minimum absolute atomic E-state index is 0.00603. The van der Waals surface area contributed by atoms with Gasteiger partial charge in [0.1, 0.15) is 5.75 Å². The zero-order chi connectivity index (χ0) is 18.0. The summed E-state index contributed by atoms with van der Waals surface area (Å²) in [5.74, 6) is -0.362. The van der Waals surface area contributed by atoms with E-state index in [-0.39, 0.29) is 28.5 Å². The Morgan fingerprint density at radius 2 is 1.88 bits per heavy atom. The highest BCUT2D eigenvalue weighted by molar-refractivity contribution is 6.34. The molecule has 3 rings (SSSR count). The van der Waals surface area contributed by atoms with Gasteiger partial charge in [-0.3, -0.25) is 9.59 Å². The van der Waals surface area contributed by atoms with Crippen LogP contribution in [-0.4, -0.2) is 34.9 Å². The van der Waals surface area contributed by atoms with Crippen LogP contribution in [-0.2, 0) is 9.59 Å². The standard InChI is InChI=1S/C19H19ClN2O3/c1-2-17(23)22-9-7-12(8-10-22)19(25)21-16-11-15(20)18(24)14-6-4-3-5-13(14)16/h2-6,11-12,24H,1,7-10H2,(H,21,25). The zero-order valence-electron chi connectivity index (χ0n) is 13.7. The van der Waals surface area contributed by atoms with Gasteiger partial charge < -0.3 is 15.3 Å². The van der Waals surface area contributed by atoms with Gasteiger partial charge in [-0.2, -0.15) is 0 Å². The molecule has 1 heterocycles. The third kappa shape index (κ3) is 3.46. The largest absolute Gasteiger partial charge is 0.506 e. The molecule has 1 fully saturated rings. The molecule has 2 N–H and O–H groups in total. The van der Waals surface area contributed by atoms with E-state index in [0.29, 0.717) is 37.0 Å². The summed E-state index contributed by atoms with van der Waals surface area (Å²) in [6.45, 7) is 4.57. The zero-order valence-corrected chi connectivity index (χ0v) is 14.4. The highest BCUT2D eigenvalue weighted by atomic mass is 35.5. The summed E-state index contributed by atoms with van der Waals surface area (Å²) in [5.41, 5.74) is 0.577. The molecule has 1 aliphatic rings. The smallest absolute Gasteiger partial charge is 0.245 e. The summed E-state index contributed by atoms with van der Waals surface area (Å²) < 4.78 is 0. The van der Waals surface area contributed by atoms with Crippen LogP contribution in [0.25, 0.3) is 10.8 Å². The number of benzene rings is 2. The van der Waals surface area contributed by atoms with Gasteiger partial charge in [-0.15, -0.1) is 0 Å². The Bertz CT molecular complexity index is 842. The Labute approximate surface area is 150 Å². The number of nitrogens with zero attached hydrogens (tertiary/aromatic N) is 1. The molecule has 130 valence electrons. The third-order valence-electron chi connectivity index (χ3n) is 4.58. The maximum atomic E-state index is 12.6. The lowest BCUT2D eigenvalue weighted by atomic mass is 9.95. The van der Waals surface area contributed by atoms with Crippen LogP contribution in [0, 0.1) is 5.92 Å². The monoisotopic (exact) mass is 358 g/mol. The van der Waals surface area contributed by atoms with Crippen molar-refractivity contribution in [3.63, 3.8) is 0 Å². The lowest BCUT2D eigenvalue weighted by Gasteiger charge is -2.30. The normalized spacial score (nSPS) is 15.2. The Morgan fingerprint density at radius 1 is 1.24 bits per heavy atom. The van der Waals surface area contributed by atoms with Gasteiger partial charge in [0, 0.05) is 29.8 Å². The number of anilines is 1. The van der Waals surface area contributed by atoms with Crippen LogP contribution in [0.5, 0.6) is 5.75 Å². The molecule has 2 aromatic carbocycles. The number of nitrogens with one attached hydrogen (secondary N) is 1. The van der Waals surface area contributed by atoms with Gasteiger partial charge in [0.05, 0.1) is 10.7 Å². The summed E-state index contributed by atoms with van der Waals surface area (Å²) in [6, 6.07) is 8.78. The molecule has 6 heteroatoms. The molecule has 0 unspecified atom stereocenters. The number of likely N-dealkylation sites (tertiary alicyclic amines) is 1. The van der Waals surface area contributed by atoms with Crippen LogP contribution in [0.2, 0.25) is 5.02 Å². The van der Waals surface area contributed by atoms with Crippen molar-refractivity contribution in [3.05, 3.63) is 48.0 Å². The lowest BCUT2D eigenvalue weighted by Crippen LogP contribution is -2.40. The molecule has 0 radical (unpaired) electrons. The molecule has 25 heavy (non-hydrogen) atoms. The van der Waals surface area contributed by atoms with E-state index in [1.807, 2.05) is 12.1 Å². The van der Waals surface area contributed by atoms with E-state index in [2.05, 4.69) is 11.9 Å². The Balaban J connectivity index is 1.76. The molecule has 1 saturated heterocycles. The number of halogens is 1. The molecular weight excluding hydrogens is 340 g/mol. The van der Waals surface area contributed by atoms with Crippen molar-refractivity contribution in [3.8, 4) is 5.75 Å². The number of phenols is 1. The highest BCUT2D eigenvalue weighted by Crippen LogP contribution is 2.37. The summed E-state index contributed by atoms with van der Waals surface area (Å²) in [4.78, 5) is 25.9. The number of aromatic hydroxyl groups is 1. The van der Waals surface area contributed by atoms with E-state index in [1.165, 1.54) is 6.08 Å². The molecule has 0 aliphatic carbocycles. The molecule has 5 nitrogen and oxygen atoms in total. The number of hydrogen-bond acceptors (Lipinski definition) is 3. The molecule has 2 aromatic rings. The number of carbonyl (C=O) groups is 2. The lowest BCUT2D eigenvalue weighted by molar-refractivity contribution is -0.130. The van der Waals surface area contributed by atoms with E-state index in [4.69, 9.17) is 11.6 Å². The fourth-order valence-corrected chi connectivity index (χ4v) is 3.37. The Kier molecular flexibility index (Phi) is 4.95. The first-order chi connectivity index (χ1) is 12.0. The van der Waals surface area contributed by atoms with Gasteiger partial charge in [0.2, 0.25) is 11.8 Å². The van der Waals surface area contributed by atoms with E-state index >= 15 is 0 Å². The van der Waals surface area contributed by atoms with Gasteiger partial charge in [-0.1, -0.05) is 42.4 Å². The fourth-order valence-electron chi connectivity index (χ4n) is 3.16. The van der Waals surface area contributed by atoms with Crippen molar-refractivity contribution in [1.29, 1.82) is 0 Å². The quantitative estimate of drug-likeness (QED) is 0.651. The molecule has 1 aliphatic heterocycles. The number of carbonyl (C=O) groups excluding carboxylic acids is 2. The maximum absolute atomic E-state index is 12.6. The van der Waals surface area contributed by atoms with Crippen LogP contribution in [0.4, 0.5) is 5.69 Å². The van der Waals surface area contributed by atoms with E-state index < -0.39 is 0 Å². The minimum Gasteiger partial charge on any atom is -0.506 e. The van der Waals surface area contributed by atoms with Crippen molar-refractivity contribution >= 4 is 39.9 Å². The second-order valence-electron chi connectivity index (χ2n) is 6.09. The Hall–Kier alpha value is -2.53. The topological polar surface area (TPSA) is 69.6 Å². The average Bonchev–Trinajstić information content (AvgIpc) is 2.65. The Morgan fingerprint density at radius 3 is 2.52 bits per heavy atom. The van der Waals surface area contributed by atoms with Crippen molar-refractivity contribution in [2.45, 2.75) is 12.8 Å². The highest BCUT2D eigenvalue weighted by Gasteiger charge is 2.27. The van der Waals surface area contributed by atoms with Crippen LogP contribution < -0.4 is 5.32 Å². The van der Waals surface area contributed by atoms with E-state index in [9.17, 15) is 14.7 Å². The number of phenolic OH excluding ortho intramolecular Hbond substituents is 1. The van der Waals surface area contributed by atoms with Gasteiger partial charge >= 0.3 is 0 Å². The number of amides is 2. The number of hydrogen-bond donors (Lipinski definition) is 2. The van der Waals surface area contributed by atoms with Crippen LogP contribution in [0.15, 0.2) is 43.0 Å². The first-order valence-corrected chi connectivity index (χ1v) is 8.51. The fraction of sp³-hybridized carbons (Fsp3) is 0.263. The number of piperidine rings is 1. The first kappa shape index (κ1) is 17.3. The molecule has 0 saturated carbocycles. The molecule has 0 bridgehead atoms. The van der Waals surface area contributed by atoms with Crippen molar-refractivity contribution in [2.75, 3.05) is 18.4 Å². The minimum atomic E-state index is -0.166. The van der Waals surface area contributed by atoms with Crippen LogP contribution >= 0.6 is 11.6 Å². The van der Waals surface area contributed by atoms with Gasteiger partial charge in [0.15, 0.2) is 0 Å². The van der Waals surface area contributed by atoms with Crippen LogP contribution in [0.1, 0.15) is 12.8 Å². The summed E-state index contributed by atoms with van der Waals surface area (Å²) in [6.07, 6.45) is 2.51. The van der Waals surface area contributed by atoms with Crippen LogP contribution in [0.3, 0.4) is 0 Å². The van der Waals surface area contributed by atoms with Gasteiger partial charge in [-0.05, 0) is 25.0 Å². The maximum Gasteiger partial charge on any atom is 0.245 e. The molecule has 0 spiro atoms. The van der Waals surface area contributed by atoms with E-state index in [1.54, 1.807) is 23.1 Å². The van der Waals surface area contributed by atoms with E-state index in [0.717, 1.165) is 5.39 Å². The van der Waals surface area contributed by atoms with Crippen molar-refractivity contribution in [1.82, 2.24) is 4.90 Å². The molecule has 0 aromatic heterocycles. The second kappa shape index (κ2) is 7.15. The SMILES string of the molecule is C=CC(=O)N1CCC(C(=O)Nc2cc(Cl)c(O)c3ccccc23)CC1. The molecule has 2 amide bonds. The predicted octanol–water partition coefficient (Wildman–Crippen LogP) is 3.56. The second-order valence-corrected chi connectivity index (χ2v) is 6.50. The summed E-state index contributed by atoms with van der Waals surface area (Å²) >= 11 is 6.08. The third-order valence-corrected chi connectivity index (χ3v) is 4.87.